The van der Waals surface area contributed by atoms with Crippen LogP contribution in [-0.4, -0.2) is 42.4 Å². The summed E-state index contributed by atoms with van der Waals surface area (Å²) < 4.78 is 4.76. The van der Waals surface area contributed by atoms with Crippen molar-refractivity contribution in [3.63, 3.8) is 0 Å². The molecule has 0 fully saturated rings. The molecule has 7 heteroatoms. The van der Waals surface area contributed by atoms with Gasteiger partial charge in [-0.2, -0.15) is 0 Å². The minimum atomic E-state index is -1.11. The second kappa shape index (κ2) is 6.44. The Kier molecular flexibility index (Phi) is 4.89. The Morgan fingerprint density at radius 3 is 2.76 bits per heavy atom. The van der Waals surface area contributed by atoms with Crippen LogP contribution in [0.2, 0.25) is 0 Å². The van der Waals surface area contributed by atoms with Crippen molar-refractivity contribution in [1.29, 1.82) is 0 Å². The van der Waals surface area contributed by atoms with Crippen LogP contribution in [0.5, 0.6) is 0 Å². The zero-order chi connectivity index (χ0) is 12.7. The topological polar surface area (TPSA) is 101 Å². The molecule has 0 radical (unpaired) electrons. The quantitative estimate of drug-likeness (QED) is 0.651. The van der Waals surface area contributed by atoms with Crippen LogP contribution < -0.4 is 10.6 Å². The largest absolute Gasteiger partial charge is 0.477 e. The minimum Gasteiger partial charge on any atom is -0.477 e. The maximum absolute atomic E-state index is 11.3. The number of hydrogen-bond donors (Lipinski definition) is 3. The molecular formula is C10H13N3O4. The van der Waals surface area contributed by atoms with E-state index < -0.39 is 12.0 Å². The van der Waals surface area contributed by atoms with E-state index in [-0.39, 0.29) is 5.69 Å². The Hall–Kier alpha value is -2.15. The SMILES string of the molecule is COCCNC(=O)Nc1ccc(C(=O)O)nc1. The van der Waals surface area contributed by atoms with Crippen LogP contribution >= 0.6 is 0 Å². The van der Waals surface area contributed by atoms with Gasteiger partial charge in [0.1, 0.15) is 5.69 Å². The number of rotatable bonds is 5. The van der Waals surface area contributed by atoms with E-state index in [9.17, 15) is 9.59 Å². The van der Waals surface area contributed by atoms with E-state index in [4.69, 9.17) is 9.84 Å². The van der Waals surface area contributed by atoms with E-state index in [2.05, 4.69) is 15.6 Å². The Morgan fingerprint density at radius 2 is 2.24 bits per heavy atom. The number of carboxylic acid groups (broad SMARTS) is 1. The standard InChI is InChI=1S/C10H13N3O4/c1-17-5-4-11-10(16)13-7-2-3-8(9(14)15)12-6-7/h2-3,6H,4-5H2,1H3,(H,14,15)(H2,11,13,16). The number of nitrogens with zero attached hydrogens (tertiary/aromatic N) is 1. The fourth-order valence-electron chi connectivity index (χ4n) is 1.04. The Bertz CT molecular complexity index is 391. The van der Waals surface area contributed by atoms with Gasteiger partial charge in [0.25, 0.3) is 0 Å². The van der Waals surface area contributed by atoms with Gasteiger partial charge >= 0.3 is 12.0 Å². The molecule has 0 aliphatic carbocycles. The summed E-state index contributed by atoms with van der Waals surface area (Å²) in [5.41, 5.74) is 0.347. The van der Waals surface area contributed by atoms with Gasteiger partial charge in [0.05, 0.1) is 18.5 Å². The molecule has 1 aromatic heterocycles. The molecule has 0 spiro atoms. The van der Waals surface area contributed by atoms with Crippen molar-refractivity contribution < 1.29 is 19.4 Å². The fourth-order valence-corrected chi connectivity index (χ4v) is 1.04. The predicted octanol–water partition coefficient (Wildman–Crippen LogP) is 0.548. The first kappa shape index (κ1) is 12.9. The van der Waals surface area contributed by atoms with Crippen LogP contribution in [0.15, 0.2) is 18.3 Å². The molecule has 17 heavy (non-hydrogen) atoms. The highest BCUT2D eigenvalue weighted by Gasteiger charge is 2.05. The molecule has 0 atom stereocenters. The normalized spacial score (nSPS) is 9.71. The second-order valence-corrected chi connectivity index (χ2v) is 3.11. The maximum atomic E-state index is 11.3. The lowest BCUT2D eigenvalue weighted by Gasteiger charge is -2.06. The number of methoxy groups -OCH3 is 1. The molecule has 1 aromatic rings. The van der Waals surface area contributed by atoms with Gasteiger partial charge in [-0.3, -0.25) is 0 Å². The second-order valence-electron chi connectivity index (χ2n) is 3.11. The number of hydrogen-bond acceptors (Lipinski definition) is 4. The summed E-state index contributed by atoms with van der Waals surface area (Å²) >= 11 is 0. The number of urea groups is 1. The number of carbonyl (C=O) groups excluding carboxylic acids is 1. The van der Waals surface area contributed by atoms with Gasteiger partial charge in [0.2, 0.25) is 0 Å². The first-order valence-electron chi connectivity index (χ1n) is 4.86. The minimum absolute atomic E-state index is 0.0738. The molecule has 92 valence electrons. The number of nitrogens with one attached hydrogen (secondary N) is 2. The Morgan fingerprint density at radius 1 is 1.47 bits per heavy atom. The highest BCUT2D eigenvalue weighted by molar-refractivity contribution is 5.90. The van der Waals surface area contributed by atoms with Crippen LogP contribution in [0, 0.1) is 0 Å². The average Bonchev–Trinajstić information content (AvgIpc) is 2.30. The van der Waals surface area contributed by atoms with E-state index in [1.165, 1.54) is 25.4 Å². The number of amides is 2. The summed E-state index contributed by atoms with van der Waals surface area (Å²) in [5, 5.41) is 13.7. The smallest absolute Gasteiger partial charge is 0.354 e. The van der Waals surface area contributed by atoms with E-state index >= 15 is 0 Å². The first-order chi connectivity index (χ1) is 8.13. The summed E-state index contributed by atoms with van der Waals surface area (Å²) in [6.45, 7) is 0.812. The molecule has 7 nitrogen and oxygen atoms in total. The number of pyridine rings is 1. The van der Waals surface area contributed by atoms with Gasteiger partial charge in [-0.15, -0.1) is 0 Å². The zero-order valence-corrected chi connectivity index (χ0v) is 9.27. The number of aromatic nitrogens is 1. The molecule has 2 amide bonds. The summed E-state index contributed by atoms with van der Waals surface area (Å²) in [7, 11) is 1.54. The van der Waals surface area contributed by atoms with Gasteiger partial charge in [-0.25, -0.2) is 14.6 Å². The van der Waals surface area contributed by atoms with Crippen molar-refractivity contribution in [1.82, 2.24) is 10.3 Å². The molecule has 0 saturated heterocycles. The number of carboxylic acids is 1. The fraction of sp³-hybridized carbons (Fsp3) is 0.300. The molecular weight excluding hydrogens is 226 g/mol. The van der Waals surface area contributed by atoms with Crippen LogP contribution in [0.4, 0.5) is 10.5 Å². The zero-order valence-electron chi connectivity index (χ0n) is 9.27. The predicted molar refractivity (Wildman–Crippen MR) is 60.1 cm³/mol. The molecule has 0 aliphatic heterocycles. The van der Waals surface area contributed by atoms with Gasteiger partial charge in [-0.1, -0.05) is 0 Å². The number of carbonyl (C=O) groups is 2. The van der Waals surface area contributed by atoms with Crippen molar-refractivity contribution in [3.05, 3.63) is 24.0 Å². The van der Waals surface area contributed by atoms with Crippen LogP contribution in [0.3, 0.4) is 0 Å². The van der Waals surface area contributed by atoms with Gasteiger partial charge in [-0.05, 0) is 12.1 Å². The lowest BCUT2D eigenvalue weighted by atomic mass is 10.3. The maximum Gasteiger partial charge on any atom is 0.354 e. The van der Waals surface area contributed by atoms with E-state index in [0.717, 1.165) is 0 Å². The van der Waals surface area contributed by atoms with E-state index in [1.54, 1.807) is 0 Å². The summed E-state index contributed by atoms with van der Waals surface area (Å²) in [5.74, 6) is -1.11. The Balaban J connectivity index is 2.46. The lowest BCUT2D eigenvalue weighted by molar-refractivity contribution is 0.0690. The molecule has 0 unspecified atom stereocenters. The van der Waals surface area contributed by atoms with Crippen molar-refractivity contribution >= 4 is 17.7 Å². The number of ether oxygens (including phenoxy) is 1. The highest BCUT2D eigenvalue weighted by Crippen LogP contribution is 2.05. The molecule has 1 heterocycles. The molecule has 0 bridgehead atoms. The molecule has 0 aromatic carbocycles. The molecule has 3 N–H and O–H groups in total. The monoisotopic (exact) mass is 239 g/mol. The molecule has 0 aliphatic rings. The van der Waals surface area contributed by atoms with E-state index in [0.29, 0.717) is 18.8 Å². The highest BCUT2D eigenvalue weighted by atomic mass is 16.5. The van der Waals surface area contributed by atoms with Crippen molar-refractivity contribution in [2.45, 2.75) is 0 Å². The lowest BCUT2D eigenvalue weighted by Crippen LogP contribution is -2.31. The van der Waals surface area contributed by atoms with Crippen molar-refractivity contribution in [2.24, 2.45) is 0 Å². The van der Waals surface area contributed by atoms with Crippen LogP contribution in [-0.2, 0) is 4.74 Å². The molecule has 1 rings (SSSR count). The molecule has 0 saturated carbocycles. The third-order valence-electron chi connectivity index (χ3n) is 1.83. The average molecular weight is 239 g/mol. The number of anilines is 1. The van der Waals surface area contributed by atoms with Crippen LogP contribution in [0.25, 0.3) is 0 Å². The number of aromatic carboxylic acids is 1. The van der Waals surface area contributed by atoms with Crippen LogP contribution in [0.1, 0.15) is 10.5 Å². The summed E-state index contributed by atoms with van der Waals surface area (Å²) in [4.78, 5) is 25.5. The Labute approximate surface area is 97.8 Å². The third-order valence-corrected chi connectivity index (χ3v) is 1.83. The van der Waals surface area contributed by atoms with E-state index in [1.807, 2.05) is 0 Å². The summed E-state index contributed by atoms with van der Waals surface area (Å²) in [6, 6.07) is 2.38. The summed E-state index contributed by atoms with van der Waals surface area (Å²) in [6.07, 6.45) is 1.28. The van der Waals surface area contributed by atoms with Gasteiger partial charge < -0.3 is 20.5 Å². The van der Waals surface area contributed by atoms with Crippen molar-refractivity contribution in [3.8, 4) is 0 Å². The van der Waals surface area contributed by atoms with Gasteiger partial charge in [0.15, 0.2) is 0 Å². The third kappa shape index (κ3) is 4.47. The van der Waals surface area contributed by atoms with Crippen molar-refractivity contribution in [2.75, 3.05) is 25.6 Å². The van der Waals surface area contributed by atoms with Gasteiger partial charge in [0, 0.05) is 13.7 Å². The first-order valence-corrected chi connectivity index (χ1v) is 4.86.